The molecule has 1 aliphatic heterocycles. The molecule has 0 bridgehead atoms. The van der Waals surface area contributed by atoms with Gasteiger partial charge in [-0.1, -0.05) is 6.07 Å². The predicted octanol–water partition coefficient (Wildman–Crippen LogP) is 2.38. The van der Waals surface area contributed by atoms with Crippen LogP contribution in [-0.2, 0) is 0 Å². The topological polar surface area (TPSA) is 40.5 Å². The first-order valence-corrected chi connectivity index (χ1v) is 6.24. The Morgan fingerprint density at radius 3 is 2.89 bits per heavy atom. The number of aliphatic hydroxyl groups is 1. The van der Waals surface area contributed by atoms with Crippen LogP contribution in [0.15, 0.2) is 18.2 Å². The van der Waals surface area contributed by atoms with Gasteiger partial charge in [0.15, 0.2) is 6.29 Å². The second-order valence-electron chi connectivity index (χ2n) is 5.13. The number of carbonyl (C=O) groups is 1. The Bertz CT molecular complexity index is 445. The minimum absolute atomic E-state index is 0.110. The van der Waals surface area contributed by atoms with Crippen LogP contribution in [-0.4, -0.2) is 30.1 Å². The lowest BCUT2D eigenvalue weighted by Gasteiger charge is -2.25. The molecule has 4 heteroatoms. The Hall–Kier alpha value is -1.42. The highest BCUT2D eigenvalue weighted by atomic mass is 19.1. The molecule has 0 aliphatic carbocycles. The highest BCUT2D eigenvalue weighted by molar-refractivity contribution is 5.85. The van der Waals surface area contributed by atoms with Gasteiger partial charge in [-0.25, -0.2) is 4.39 Å². The molecule has 98 valence electrons. The molecule has 1 N–H and O–H groups in total. The Labute approximate surface area is 106 Å². The van der Waals surface area contributed by atoms with Crippen molar-refractivity contribution in [3.63, 3.8) is 0 Å². The van der Waals surface area contributed by atoms with Crippen LogP contribution in [0.1, 0.15) is 36.5 Å². The fourth-order valence-corrected chi connectivity index (χ4v) is 2.42. The number of rotatable bonds is 2. The molecule has 0 amide bonds. The maximum atomic E-state index is 13.6. The standard InChI is InChI=1S/C14H18FNO2/c1-14(18)6-3-8-16(9-7-14)13-5-2-4-12(15)11(13)10-17/h2,4-5,10,18H,3,6-9H2,1H3. The van der Waals surface area contributed by atoms with Crippen molar-refractivity contribution in [3.8, 4) is 0 Å². The molecule has 1 unspecified atom stereocenters. The number of hydrogen-bond acceptors (Lipinski definition) is 3. The fraction of sp³-hybridized carbons (Fsp3) is 0.500. The van der Waals surface area contributed by atoms with E-state index in [1.54, 1.807) is 12.1 Å². The van der Waals surface area contributed by atoms with Crippen LogP contribution in [0, 0.1) is 5.82 Å². The van der Waals surface area contributed by atoms with Gasteiger partial charge < -0.3 is 10.0 Å². The van der Waals surface area contributed by atoms with E-state index in [0.29, 0.717) is 24.9 Å². The summed E-state index contributed by atoms with van der Waals surface area (Å²) in [7, 11) is 0. The Morgan fingerprint density at radius 1 is 1.39 bits per heavy atom. The van der Waals surface area contributed by atoms with Crippen LogP contribution in [0.4, 0.5) is 10.1 Å². The minimum Gasteiger partial charge on any atom is -0.390 e. The summed E-state index contributed by atoms with van der Waals surface area (Å²) >= 11 is 0. The summed E-state index contributed by atoms with van der Waals surface area (Å²) in [6.45, 7) is 3.19. The molecule has 1 saturated heterocycles. The van der Waals surface area contributed by atoms with Gasteiger partial charge in [0.2, 0.25) is 0 Å². The summed E-state index contributed by atoms with van der Waals surface area (Å²) < 4.78 is 13.6. The lowest BCUT2D eigenvalue weighted by molar-refractivity contribution is 0.0481. The van der Waals surface area contributed by atoms with Crippen molar-refractivity contribution in [1.29, 1.82) is 0 Å². The second kappa shape index (κ2) is 5.06. The van der Waals surface area contributed by atoms with Gasteiger partial charge >= 0.3 is 0 Å². The highest BCUT2D eigenvalue weighted by Crippen LogP contribution is 2.27. The van der Waals surface area contributed by atoms with Gasteiger partial charge in [-0.15, -0.1) is 0 Å². The number of anilines is 1. The first-order chi connectivity index (χ1) is 8.53. The zero-order chi connectivity index (χ0) is 13.2. The summed E-state index contributed by atoms with van der Waals surface area (Å²) in [6.07, 6.45) is 2.76. The van der Waals surface area contributed by atoms with Crippen LogP contribution in [0.2, 0.25) is 0 Å². The lowest BCUT2D eigenvalue weighted by Crippen LogP contribution is -2.29. The lowest BCUT2D eigenvalue weighted by atomic mass is 9.98. The second-order valence-corrected chi connectivity index (χ2v) is 5.13. The van der Waals surface area contributed by atoms with Crippen molar-refractivity contribution in [1.82, 2.24) is 0 Å². The molecule has 1 heterocycles. The summed E-state index contributed by atoms with van der Waals surface area (Å²) in [5, 5.41) is 10.0. The number of nitrogens with zero attached hydrogens (tertiary/aromatic N) is 1. The van der Waals surface area contributed by atoms with E-state index in [1.807, 2.05) is 11.8 Å². The Kier molecular flexibility index (Phi) is 3.66. The van der Waals surface area contributed by atoms with Crippen molar-refractivity contribution in [2.24, 2.45) is 0 Å². The van der Waals surface area contributed by atoms with E-state index in [2.05, 4.69) is 0 Å². The van der Waals surface area contributed by atoms with Crippen LogP contribution >= 0.6 is 0 Å². The summed E-state index contributed by atoms with van der Waals surface area (Å²) in [5.74, 6) is -0.487. The van der Waals surface area contributed by atoms with E-state index in [-0.39, 0.29) is 5.56 Å². The van der Waals surface area contributed by atoms with Gasteiger partial charge in [0.1, 0.15) is 5.82 Å². The molecule has 1 aliphatic rings. The quantitative estimate of drug-likeness (QED) is 0.820. The van der Waals surface area contributed by atoms with Gasteiger partial charge in [0, 0.05) is 13.1 Å². The molecule has 0 spiro atoms. The van der Waals surface area contributed by atoms with E-state index < -0.39 is 11.4 Å². The number of benzene rings is 1. The number of aldehydes is 1. The summed E-state index contributed by atoms with van der Waals surface area (Å²) in [4.78, 5) is 13.0. The van der Waals surface area contributed by atoms with E-state index in [0.717, 1.165) is 19.4 Å². The maximum absolute atomic E-state index is 13.6. The summed E-state index contributed by atoms with van der Waals surface area (Å²) in [5.41, 5.74) is 0.0744. The minimum atomic E-state index is -0.663. The fourth-order valence-electron chi connectivity index (χ4n) is 2.42. The summed E-state index contributed by atoms with van der Waals surface area (Å²) in [6, 6.07) is 4.66. The Morgan fingerprint density at radius 2 is 2.17 bits per heavy atom. The van der Waals surface area contributed by atoms with Crippen LogP contribution < -0.4 is 4.90 Å². The highest BCUT2D eigenvalue weighted by Gasteiger charge is 2.26. The predicted molar refractivity (Wildman–Crippen MR) is 68.5 cm³/mol. The molecular formula is C14H18FNO2. The monoisotopic (exact) mass is 251 g/mol. The van der Waals surface area contributed by atoms with Crippen molar-refractivity contribution in [2.75, 3.05) is 18.0 Å². The molecule has 1 fully saturated rings. The molecule has 0 aromatic heterocycles. The SMILES string of the molecule is CC1(O)CCCN(c2cccc(F)c2C=O)CC1. The molecular weight excluding hydrogens is 233 g/mol. The van der Waals surface area contributed by atoms with Crippen molar-refractivity contribution < 1.29 is 14.3 Å². The number of hydrogen-bond donors (Lipinski definition) is 1. The van der Waals surface area contributed by atoms with Gasteiger partial charge in [-0.05, 0) is 38.3 Å². The zero-order valence-corrected chi connectivity index (χ0v) is 10.5. The van der Waals surface area contributed by atoms with E-state index in [9.17, 15) is 14.3 Å². The van der Waals surface area contributed by atoms with Gasteiger partial charge in [-0.3, -0.25) is 4.79 Å². The molecule has 2 rings (SSSR count). The van der Waals surface area contributed by atoms with Crippen molar-refractivity contribution >= 4 is 12.0 Å². The third-order valence-electron chi connectivity index (χ3n) is 3.55. The molecule has 1 atom stereocenters. The zero-order valence-electron chi connectivity index (χ0n) is 10.5. The molecule has 0 radical (unpaired) electrons. The number of halogens is 1. The molecule has 0 saturated carbocycles. The van der Waals surface area contributed by atoms with E-state index >= 15 is 0 Å². The largest absolute Gasteiger partial charge is 0.390 e. The van der Waals surface area contributed by atoms with Crippen molar-refractivity contribution in [3.05, 3.63) is 29.6 Å². The normalized spacial score (nSPS) is 24.7. The molecule has 1 aromatic rings. The first kappa shape index (κ1) is 13.0. The van der Waals surface area contributed by atoms with Crippen molar-refractivity contribution in [2.45, 2.75) is 31.8 Å². The smallest absolute Gasteiger partial charge is 0.155 e. The third-order valence-corrected chi connectivity index (χ3v) is 3.55. The average molecular weight is 251 g/mol. The molecule has 18 heavy (non-hydrogen) atoms. The van der Waals surface area contributed by atoms with Gasteiger partial charge in [0.05, 0.1) is 16.9 Å². The number of carbonyl (C=O) groups excluding carboxylic acids is 1. The van der Waals surface area contributed by atoms with Crippen LogP contribution in [0.25, 0.3) is 0 Å². The third kappa shape index (κ3) is 2.70. The Balaban J connectivity index is 2.26. The maximum Gasteiger partial charge on any atom is 0.155 e. The van der Waals surface area contributed by atoms with Gasteiger partial charge in [-0.2, -0.15) is 0 Å². The van der Waals surface area contributed by atoms with Gasteiger partial charge in [0.25, 0.3) is 0 Å². The van der Waals surface area contributed by atoms with E-state index in [4.69, 9.17) is 0 Å². The van der Waals surface area contributed by atoms with Crippen LogP contribution in [0.3, 0.4) is 0 Å². The van der Waals surface area contributed by atoms with E-state index in [1.165, 1.54) is 6.07 Å². The molecule has 1 aromatic carbocycles. The average Bonchev–Trinajstić information content (AvgIpc) is 2.50. The first-order valence-electron chi connectivity index (χ1n) is 6.24. The molecule has 3 nitrogen and oxygen atoms in total. The van der Waals surface area contributed by atoms with Crippen LogP contribution in [0.5, 0.6) is 0 Å².